The van der Waals surface area contributed by atoms with Gasteiger partial charge in [0.1, 0.15) is 6.04 Å². The smallest absolute Gasteiger partial charge is 0.328 e. The van der Waals surface area contributed by atoms with Gasteiger partial charge in [-0.3, -0.25) is 4.79 Å². The van der Waals surface area contributed by atoms with Gasteiger partial charge in [-0.1, -0.05) is 13.8 Å². The largest absolute Gasteiger partial charge is 0.467 e. The number of carbonyl (C=O) groups is 2. The van der Waals surface area contributed by atoms with Crippen molar-refractivity contribution < 1.29 is 14.3 Å². The van der Waals surface area contributed by atoms with Crippen LogP contribution in [0.25, 0.3) is 0 Å². The number of hydrogen-bond donors (Lipinski definition) is 0. The van der Waals surface area contributed by atoms with E-state index in [4.69, 9.17) is 0 Å². The number of esters is 1. The van der Waals surface area contributed by atoms with Crippen LogP contribution in [0.3, 0.4) is 0 Å². The van der Waals surface area contributed by atoms with E-state index in [9.17, 15) is 9.59 Å². The quantitative estimate of drug-likeness (QED) is 0.618. The Balaban J connectivity index is 2.68. The number of methoxy groups -OCH3 is 1. The van der Waals surface area contributed by atoms with E-state index in [1.54, 1.807) is 4.90 Å². The average Bonchev–Trinajstić information content (AvgIpc) is 2.63. The molecule has 1 amide bonds. The normalized spacial score (nSPS) is 21.4. The molecule has 4 heteroatoms. The molecule has 0 aliphatic carbocycles. The summed E-state index contributed by atoms with van der Waals surface area (Å²) in [5, 5.41) is 0. The fraction of sp³-hybridized carbons (Fsp3) is 0.800. The zero-order valence-corrected chi connectivity index (χ0v) is 8.95. The summed E-state index contributed by atoms with van der Waals surface area (Å²) in [5.41, 5.74) is 0. The molecule has 1 heterocycles. The van der Waals surface area contributed by atoms with Gasteiger partial charge in [-0.05, 0) is 12.8 Å². The molecule has 14 heavy (non-hydrogen) atoms. The summed E-state index contributed by atoms with van der Waals surface area (Å²) in [4.78, 5) is 24.7. The summed E-state index contributed by atoms with van der Waals surface area (Å²) < 4.78 is 4.66. The Morgan fingerprint density at radius 3 is 2.57 bits per heavy atom. The van der Waals surface area contributed by atoms with Gasteiger partial charge in [-0.15, -0.1) is 0 Å². The number of amides is 1. The number of carbonyl (C=O) groups excluding carboxylic acids is 2. The second-order valence-electron chi connectivity index (χ2n) is 3.87. The first-order valence-corrected chi connectivity index (χ1v) is 4.96. The third kappa shape index (κ3) is 2.05. The molecular formula is C10H17NO3. The molecule has 1 rings (SSSR count). The first kappa shape index (κ1) is 11.0. The molecule has 0 N–H and O–H groups in total. The third-order valence-electron chi connectivity index (χ3n) is 2.50. The Morgan fingerprint density at radius 2 is 2.07 bits per heavy atom. The monoisotopic (exact) mass is 199 g/mol. The van der Waals surface area contributed by atoms with Crippen LogP contribution in [0.15, 0.2) is 0 Å². The van der Waals surface area contributed by atoms with E-state index >= 15 is 0 Å². The summed E-state index contributed by atoms with van der Waals surface area (Å²) in [6.07, 6.45) is 1.61. The maximum Gasteiger partial charge on any atom is 0.328 e. The summed E-state index contributed by atoms with van der Waals surface area (Å²) in [5.74, 6) is -0.311. The second kappa shape index (κ2) is 4.44. The predicted octanol–water partition coefficient (Wildman–Crippen LogP) is 0.806. The number of hydrogen-bond acceptors (Lipinski definition) is 3. The van der Waals surface area contributed by atoms with E-state index in [2.05, 4.69) is 4.74 Å². The van der Waals surface area contributed by atoms with Crippen LogP contribution >= 0.6 is 0 Å². The Bertz CT molecular complexity index is 238. The molecule has 0 bridgehead atoms. The van der Waals surface area contributed by atoms with Gasteiger partial charge in [0.05, 0.1) is 7.11 Å². The van der Waals surface area contributed by atoms with E-state index in [-0.39, 0.29) is 23.8 Å². The van der Waals surface area contributed by atoms with Crippen molar-refractivity contribution in [2.75, 3.05) is 13.7 Å². The van der Waals surface area contributed by atoms with Gasteiger partial charge in [0, 0.05) is 12.5 Å². The minimum atomic E-state index is -0.352. The summed E-state index contributed by atoms with van der Waals surface area (Å²) in [6.45, 7) is 4.36. The van der Waals surface area contributed by atoms with Gasteiger partial charge in [0.15, 0.2) is 0 Å². The van der Waals surface area contributed by atoms with Crippen molar-refractivity contribution in [3.05, 3.63) is 0 Å². The molecule has 0 aromatic heterocycles. The van der Waals surface area contributed by atoms with Crippen molar-refractivity contribution in [1.29, 1.82) is 0 Å². The fourth-order valence-corrected chi connectivity index (χ4v) is 1.74. The molecule has 80 valence electrons. The highest BCUT2D eigenvalue weighted by molar-refractivity contribution is 5.86. The Morgan fingerprint density at radius 1 is 1.43 bits per heavy atom. The van der Waals surface area contributed by atoms with Crippen LogP contribution in [0, 0.1) is 5.92 Å². The minimum Gasteiger partial charge on any atom is -0.467 e. The van der Waals surface area contributed by atoms with Crippen LogP contribution in [-0.2, 0) is 14.3 Å². The maximum atomic E-state index is 11.7. The number of nitrogens with zero attached hydrogens (tertiary/aromatic N) is 1. The molecule has 1 atom stereocenters. The molecule has 4 nitrogen and oxygen atoms in total. The molecule has 1 saturated heterocycles. The van der Waals surface area contributed by atoms with Gasteiger partial charge in [0.25, 0.3) is 0 Å². The van der Waals surface area contributed by atoms with Gasteiger partial charge >= 0.3 is 5.97 Å². The SMILES string of the molecule is COC(=O)[C@@H]1CCCN1C(=O)C(C)C. The maximum absolute atomic E-state index is 11.7. The van der Waals surface area contributed by atoms with Crippen molar-refractivity contribution in [2.24, 2.45) is 5.92 Å². The lowest BCUT2D eigenvalue weighted by atomic mass is 10.1. The number of ether oxygens (including phenoxy) is 1. The van der Waals surface area contributed by atoms with Gasteiger partial charge in [-0.2, -0.15) is 0 Å². The van der Waals surface area contributed by atoms with E-state index in [0.717, 1.165) is 12.8 Å². The fourth-order valence-electron chi connectivity index (χ4n) is 1.74. The van der Waals surface area contributed by atoms with E-state index in [1.807, 2.05) is 13.8 Å². The van der Waals surface area contributed by atoms with Crippen molar-refractivity contribution in [2.45, 2.75) is 32.7 Å². The van der Waals surface area contributed by atoms with Crippen molar-refractivity contribution >= 4 is 11.9 Å². The Labute approximate surface area is 84.2 Å². The molecule has 1 fully saturated rings. The zero-order chi connectivity index (χ0) is 10.7. The van der Waals surface area contributed by atoms with Crippen LogP contribution < -0.4 is 0 Å². The lowest BCUT2D eigenvalue weighted by Crippen LogP contribution is -2.42. The Kier molecular flexibility index (Phi) is 3.49. The van der Waals surface area contributed by atoms with E-state index in [1.165, 1.54) is 7.11 Å². The molecule has 0 unspecified atom stereocenters. The highest BCUT2D eigenvalue weighted by Gasteiger charge is 2.35. The standard InChI is InChI=1S/C10H17NO3/c1-7(2)9(12)11-6-4-5-8(11)10(13)14-3/h7-8H,4-6H2,1-3H3/t8-/m0/s1. The highest BCUT2D eigenvalue weighted by atomic mass is 16.5. The summed E-state index contributed by atoms with van der Waals surface area (Å²) in [7, 11) is 1.36. The second-order valence-corrected chi connectivity index (χ2v) is 3.87. The van der Waals surface area contributed by atoms with Gasteiger partial charge < -0.3 is 9.64 Å². The molecule has 0 radical (unpaired) electrons. The lowest BCUT2D eigenvalue weighted by Gasteiger charge is -2.24. The van der Waals surface area contributed by atoms with Crippen LogP contribution in [0.1, 0.15) is 26.7 Å². The highest BCUT2D eigenvalue weighted by Crippen LogP contribution is 2.20. The Hall–Kier alpha value is -1.06. The van der Waals surface area contributed by atoms with Crippen LogP contribution in [-0.4, -0.2) is 36.5 Å². The topological polar surface area (TPSA) is 46.6 Å². The van der Waals surface area contributed by atoms with Crippen molar-refractivity contribution in [3.63, 3.8) is 0 Å². The molecule has 0 spiro atoms. The molecule has 0 aromatic rings. The third-order valence-corrected chi connectivity index (χ3v) is 2.50. The lowest BCUT2D eigenvalue weighted by molar-refractivity contribution is -0.152. The van der Waals surface area contributed by atoms with E-state index in [0.29, 0.717) is 6.54 Å². The van der Waals surface area contributed by atoms with Crippen molar-refractivity contribution in [1.82, 2.24) is 4.90 Å². The molecule has 0 saturated carbocycles. The zero-order valence-electron chi connectivity index (χ0n) is 8.95. The first-order valence-electron chi connectivity index (χ1n) is 4.96. The molecule has 1 aliphatic rings. The molecule has 0 aromatic carbocycles. The minimum absolute atomic E-state index is 0.0397. The van der Waals surface area contributed by atoms with Gasteiger partial charge in [-0.25, -0.2) is 4.79 Å². The number of rotatable bonds is 2. The molecule has 1 aliphatic heterocycles. The van der Waals surface area contributed by atoms with Gasteiger partial charge in [0.2, 0.25) is 5.91 Å². The summed E-state index contributed by atoms with van der Waals surface area (Å²) in [6, 6.07) is -0.352. The van der Waals surface area contributed by atoms with Crippen LogP contribution in [0.2, 0.25) is 0 Å². The van der Waals surface area contributed by atoms with Crippen molar-refractivity contribution in [3.8, 4) is 0 Å². The van der Waals surface area contributed by atoms with Crippen LogP contribution in [0.4, 0.5) is 0 Å². The average molecular weight is 199 g/mol. The first-order chi connectivity index (χ1) is 6.57. The van der Waals surface area contributed by atoms with E-state index < -0.39 is 0 Å². The number of likely N-dealkylation sites (tertiary alicyclic amines) is 1. The molecular weight excluding hydrogens is 182 g/mol. The summed E-state index contributed by atoms with van der Waals surface area (Å²) >= 11 is 0. The van der Waals surface area contributed by atoms with Crippen LogP contribution in [0.5, 0.6) is 0 Å². The predicted molar refractivity (Wildman–Crippen MR) is 51.6 cm³/mol.